The van der Waals surface area contributed by atoms with E-state index in [1.165, 1.54) is 17.4 Å². The number of para-hydroxylation sites is 1. The van der Waals surface area contributed by atoms with Gasteiger partial charge in [0.25, 0.3) is 0 Å². The van der Waals surface area contributed by atoms with E-state index >= 15 is 0 Å². The topological polar surface area (TPSA) is 24.9 Å². The fraction of sp³-hybridized carbons (Fsp3) is 0.100. The van der Waals surface area contributed by atoms with Crippen LogP contribution in [0.2, 0.25) is 0 Å². The highest BCUT2D eigenvalue weighted by atomic mass is 35.5. The van der Waals surface area contributed by atoms with Gasteiger partial charge in [0, 0.05) is 5.38 Å². The summed E-state index contributed by atoms with van der Waals surface area (Å²) in [5, 5.41) is 5.39. The number of rotatable bonds is 3. The summed E-state index contributed by atoms with van der Waals surface area (Å²) in [7, 11) is 0. The van der Waals surface area contributed by atoms with Crippen molar-refractivity contribution < 1.29 is 4.39 Å². The van der Waals surface area contributed by atoms with Crippen molar-refractivity contribution in [3.63, 3.8) is 0 Å². The second kappa shape index (κ2) is 4.59. The van der Waals surface area contributed by atoms with Crippen molar-refractivity contribution in [1.82, 2.24) is 4.98 Å². The van der Waals surface area contributed by atoms with Gasteiger partial charge < -0.3 is 5.32 Å². The summed E-state index contributed by atoms with van der Waals surface area (Å²) in [4.78, 5) is 4.17. The number of halogens is 2. The molecule has 2 rings (SSSR count). The Balaban J connectivity index is 2.18. The van der Waals surface area contributed by atoms with Crippen LogP contribution >= 0.6 is 22.9 Å². The third kappa shape index (κ3) is 2.46. The maximum absolute atomic E-state index is 13.3. The fourth-order valence-corrected chi connectivity index (χ4v) is 2.05. The summed E-state index contributed by atoms with van der Waals surface area (Å²) in [6.45, 7) is 0. The number of hydrogen-bond donors (Lipinski definition) is 1. The second-order valence-electron chi connectivity index (χ2n) is 2.88. The van der Waals surface area contributed by atoms with Crippen LogP contribution < -0.4 is 5.32 Å². The van der Waals surface area contributed by atoms with E-state index in [1.807, 2.05) is 5.38 Å². The van der Waals surface area contributed by atoms with Crippen molar-refractivity contribution in [3.05, 3.63) is 41.2 Å². The minimum atomic E-state index is -0.292. The van der Waals surface area contributed by atoms with Gasteiger partial charge in [-0.25, -0.2) is 9.37 Å². The van der Waals surface area contributed by atoms with Gasteiger partial charge in [-0.3, -0.25) is 0 Å². The zero-order valence-electron chi connectivity index (χ0n) is 7.71. The van der Waals surface area contributed by atoms with Crippen LogP contribution in [-0.4, -0.2) is 4.98 Å². The van der Waals surface area contributed by atoms with Crippen molar-refractivity contribution >= 4 is 33.8 Å². The van der Waals surface area contributed by atoms with Crippen molar-refractivity contribution in [2.75, 3.05) is 5.32 Å². The normalized spacial score (nSPS) is 10.3. The molecular formula is C10H8ClFN2S. The molecule has 0 bridgehead atoms. The van der Waals surface area contributed by atoms with Gasteiger partial charge in [0.05, 0.1) is 17.3 Å². The molecule has 2 aromatic rings. The maximum atomic E-state index is 13.3. The van der Waals surface area contributed by atoms with Crippen molar-refractivity contribution in [2.24, 2.45) is 0 Å². The third-order valence-electron chi connectivity index (χ3n) is 1.80. The summed E-state index contributed by atoms with van der Waals surface area (Å²) in [6, 6.07) is 6.48. The summed E-state index contributed by atoms with van der Waals surface area (Å²) in [5.74, 6) is 0.0789. The molecular weight excluding hydrogens is 235 g/mol. The first-order valence-corrected chi connectivity index (χ1v) is 5.73. The number of benzene rings is 1. The molecule has 0 amide bonds. The van der Waals surface area contributed by atoms with Gasteiger partial charge in [-0.1, -0.05) is 12.1 Å². The Hall–Kier alpha value is -1.13. The first-order chi connectivity index (χ1) is 7.29. The fourth-order valence-electron chi connectivity index (χ4n) is 1.10. The molecule has 0 spiro atoms. The van der Waals surface area contributed by atoms with Gasteiger partial charge in [0.15, 0.2) is 5.13 Å². The molecule has 78 valence electrons. The predicted octanol–water partition coefficient (Wildman–Crippen LogP) is 3.76. The first-order valence-electron chi connectivity index (χ1n) is 4.31. The molecule has 0 aliphatic rings. The number of thiazole rings is 1. The Bertz CT molecular complexity index is 458. The average Bonchev–Trinajstić information content (AvgIpc) is 2.69. The van der Waals surface area contributed by atoms with Crippen molar-refractivity contribution in [3.8, 4) is 0 Å². The van der Waals surface area contributed by atoms with Gasteiger partial charge in [0.1, 0.15) is 5.82 Å². The minimum Gasteiger partial charge on any atom is -0.329 e. The Morgan fingerprint density at radius 2 is 2.20 bits per heavy atom. The number of nitrogens with one attached hydrogen (secondary N) is 1. The minimum absolute atomic E-state index is 0.292. The lowest BCUT2D eigenvalue weighted by molar-refractivity contribution is 0.632. The molecule has 1 aromatic heterocycles. The summed E-state index contributed by atoms with van der Waals surface area (Å²) in [5.41, 5.74) is 1.22. The van der Waals surface area contributed by atoms with Crippen LogP contribution in [0.4, 0.5) is 15.2 Å². The molecule has 5 heteroatoms. The highest BCUT2D eigenvalue weighted by Gasteiger charge is 2.04. The van der Waals surface area contributed by atoms with Crippen molar-refractivity contribution in [2.45, 2.75) is 5.88 Å². The van der Waals surface area contributed by atoms with Crippen LogP contribution in [0.15, 0.2) is 29.6 Å². The molecule has 0 saturated carbocycles. The molecule has 1 heterocycles. The Morgan fingerprint density at radius 1 is 1.40 bits per heavy atom. The highest BCUT2D eigenvalue weighted by Crippen LogP contribution is 2.23. The maximum Gasteiger partial charge on any atom is 0.187 e. The lowest BCUT2D eigenvalue weighted by atomic mass is 10.3. The van der Waals surface area contributed by atoms with E-state index in [4.69, 9.17) is 11.6 Å². The van der Waals surface area contributed by atoms with Crippen LogP contribution in [0, 0.1) is 5.82 Å². The molecule has 2 nitrogen and oxygen atoms in total. The van der Waals surface area contributed by atoms with Crippen LogP contribution in [0.3, 0.4) is 0 Å². The molecule has 0 radical (unpaired) electrons. The van der Waals surface area contributed by atoms with E-state index in [2.05, 4.69) is 10.3 Å². The van der Waals surface area contributed by atoms with Crippen LogP contribution in [0.1, 0.15) is 5.69 Å². The van der Waals surface area contributed by atoms with Crippen LogP contribution in [0.25, 0.3) is 0 Å². The molecule has 15 heavy (non-hydrogen) atoms. The Morgan fingerprint density at radius 3 is 2.87 bits per heavy atom. The van der Waals surface area contributed by atoms with E-state index in [0.717, 1.165) is 5.69 Å². The number of hydrogen-bond acceptors (Lipinski definition) is 3. The summed E-state index contributed by atoms with van der Waals surface area (Å²) >= 11 is 7.02. The van der Waals surface area contributed by atoms with Crippen LogP contribution in [-0.2, 0) is 5.88 Å². The lowest BCUT2D eigenvalue weighted by Crippen LogP contribution is -1.92. The van der Waals surface area contributed by atoms with Gasteiger partial charge in [-0.05, 0) is 12.1 Å². The highest BCUT2D eigenvalue weighted by molar-refractivity contribution is 7.13. The molecule has 1 N–H and O–H groups in total. The van der Waals surface area contributed by atoms with E-state index in [9.17, 15) is 4.39 Å². The predicted molar refractivity (Wildman–Crippen MR) is 61.4 cm³/mol. The molecule has 0 saturated heterocycles. The van der Waals surface area contributed by atoms with Gasteiger partial charge in [0.2, 0.25) is 0 Å². The number of aromatic nitrogens is 1. The van der Waals surface area contributed by atoms with Crippen molar-refractivity contribution in [1.29, 1.82) is 0 Å². The Labute approximate surface area is 95.7 Å². The first kappa shape index (κ1) is 10.4. The molecule has 0 fully saturated rings. The number of alkyl halides is 1. The van der Waals surface area contributed by atoms with Gasteiger partial charge in [-0.15, -0.1) is 22.9 Å². The Kier molecular flexibility index (Phi) is 3.18. The molecule has 0 atom stereocenters. The van der Waals surface area contributed by atoms with Gasteiger partial charge >= 0.3 is 0 Å². The monoisotopic (exact) mass is 242 g/mol. The largest absolute Gasteiger partial charge is 0.329 e. The molecule has 0 aliphatic heterocycles. The second-order valence-corrected chi connectivity index (χ2v) is 4.01. The molecule has 0 aliphatic carbocycles. The standard InChI is InChI=1S/C10H8ClFN2S/c11-5-7-6-15-10(13-7)14-9-4-2-1-3-8(9)12/h1-4,6H,5H2,(H,13,14). The molecule has 0 unspecified atom stereocenters. The number of nitrogens with zero attached hydrogens (tertiary/aromatic N) is 1. The molecule has 1 aromatic carbocycles. The summed E-state index contributed by atoms with van der Waals surface area (Å²) < 4.78 is 13.3. The smallest absolute Gasteiger partial charge is 0.187 e. The van der Waals surface area contributed by atoms with E-state index in [1.54, 1.807) is 18.2 Å². The summed E-state index contributed by atoms with van der Waals surface area (Å²) in [6.07, 6.45) is 0. The SMILES string of the molecule is Fc1ccccc1Nc1nc(CCl)cs1. The lowest BCUT2D eigenvalue weighted by Gasteiger charge is -2.02. The van der Waals surface area contributed by atoms with E-state index < -0.39 is 0 Å². The zero-order valence-corrected chi connectivity index (χ0v) is 9.28. The number of anilines is 2. The van der Waals surface area contributed by atoms with Gasteiger partial charge in [-0.2, -0.15) is 0 Å². The van der Waals surface area contributed by atoms with E-state index in [0.29, 0.717) is 16.7 Å². The van der Waals surface area contributed by atoms with Crippen LogP contribution in [0.5, 0.6) is 0 Å². The average molecular weight is 243 g/mol. The third-order valence-corrected chi connectivity index (χ3v) is 2.88. The zero-order chi connectivity index (χ0) is 10.7. The quantitative estimate of drug-likeness (QED) is 0.829. The van der Waals surface area contributed by atoms with E-state index in [-0.39, 0.29) is 5.82 Å².